The zero-order valence-corrected chi connectivity index (χ0v) is 13.1. The molecular formula is C16H25N3O2. The molecule has 0 unspecified atom stereocenters. The maximum atomic E-state index is 5.41. The lowest BCUT2D eigenvalue weighted by atomic mass is 10.2. The molecule has 2 heterocycles. The number of nitrogens with one attached hydrogen (secondary N) is 1. The standard InChI is InChI=1S/C16H25N3O2/c1-4-19(11-15-6-5-7-20-15)12-16-8-14(18-21-16)10-17-9-13(2)3/h5-8,13,17H,4,9-12H2,1-3H3. The SMILES string of the molecule is CCN(Cc1ccco1)Cc1cc(CNCC(C)C)no1. The summed E-state index contributed by atoms with van der Waals surface area (Å²) in [5.74, 6) is 2.50. The molecule has 21 heavy (non-hydrogen) atoms. The fraction of sp³-hybridized carbons (Fsp3) is 0.562. The molecule has 0 aromatic carbocycles. The molecule has 0 radical (unpaired) electrons. The Kier molecular flexibility index (Phi) is 6.02. The van der Waals surface area contributed by atoms with E-state index in [4.69, 9.17) is 8.94 Å². The average molecular weight is 291 g/mol. The molecule has 0 amide bonds. The monoisotopic (exact) mass is 291 g/mol. The lowest BCUT2D eigenvalue weighted by Crippen LogP contribution is -2.21. The fourth-order valence-corrected chi connectivity index (χ4v) is 2.13. The Hall–Kier alpha value is -1.59. The highest BCUT2D eigenvalue weighted by molar-refractivity contribution is 5.06. The predicted molar refractivity (Wildman–Crippen MR) is 81.5 cm³/mol. The largest absolute Gasteiger partial charge is 0.468 e. The molecule has 2 aromatic heterocycles. The van der Waals surface area contributed by atoms with Crippen LogP contribution in [0.3, 0.4) is 0 Å². The lowest BCUT2D eigenvalue weighted by molar-refractivity contribution is 0.217. The van der Waals surface area contributed by atoms with E-state index in [9.17, 15) is 0 Å². The molecule has 2 aromatic rings. The summed E-state index contributed by atoms with van der Waals surface area (Å²) in [5, 5.41) is 7.48. The maximum Gasteiger partial charge on any atom is 0.151 e. The van der Waals surface area contributed by atoms with E-state index in [1.54, 1.807) is 6.26 Å². The summed E-state index contributed by atoms with van der Waals surface area (Å²) in [7, 11) is 0. The molecule has 5 nitrogen and oxygen atoms in total. The smallest absolute Gasteiger partial charge is 0.151 e. The Labute approximate surface area is 126 Å². The molecule has 1 N–H and O–H groups in total. The van der Waals surface area contributed by atoms with Crippen molar-refractivity contribution in [2.24, 2.45) is 5.92 Å². The summed E-state index contributed by atoms with van der Waals surface area (Å²) >= 11 is 0. The molecule has 0 spiro atoms. The van der Waals surface area contributed by atoms with Crippen molar-refractivity contribution in [3.8, 4) is 0 Å². The van der Waals surface area contributed by atoms with Gasteiger partial charge >= 0.3 is 0 Å². The van der Waals surface area contributed by atoms with Crippen LogP contribution in [-0.4, -0.2) is 23.1 Å². The van der Waals surface area contributed by atoms with Crippen molar-refractivity contribution in [1.82, 2.24) is 15.4 Å². The molecule has 0 fully saturated rings. The van der Waals surface area contributed by atoms with Gasteiger partial charge in [0.05, 0.1) is 25.0 Å². The van der Waals surface area contributed by atoms with Gasteiger partial charge in [-0.1, -0.05) is 25.9 Å². The Morgan fingerprint density at radius 2 is 2.10 bits per heavy atom. The van der Waals surface area contributed by atoms with Crippen LogP contribution in [0.2, 0.25) is 0 Å². The fourth-order valence-electron chi connectivity index (χ4n) is 2.13. The van der Waals surface area contributed by atoms with Crippen LogP contribution in [0, 0.1) is 5.92 Å². The first kappa shape index (κ1) is 15.8. The van der Waals surface area contributed by atoms with E-state index in [0.29, 0.717) is 5.92 Å². The predicted octanol–water partition coefficient (Wildman–Crippen LogP) is 3.04. The molecule has 0 atom stereocenters. The summed E-state index contributed by atoms with van der Waals surface area (Å²) in [6.07, 6.45) is 1.70. The second-order valence-corrected chi connectivity index (χ2v) is 5.69. The van der Waals surface area contributed by atoms with Crippen LogP contribution < -0.4 is 5.32 Å². The van der Waals surface area contributed by atoms with E-state index < -0.39 is 0 Å². The summed E-state index contributed by atoms with van der Waals surface area (Å²) in [6, 6.07) is 5.93. The Balaban J connectivity index is 1.82. The van der Waals surface area contributed by atoms with Crippen LogP contribution >= 0.6 is 0 Å². The number of aromatic nitrogens is 1. The molecule has 116 valence electrons. The average Bonchev–Trinajstić information content (AvgIpc) is 3.09. The normalized spacial score (nSPS) is 11.7. The third kappa shape index (κ3) is 5.36. The van der Waals surface area contributed by atoms with Gasteiger partial charge in [-0.15, -0.1) is 0 Å². The third-order valence-electron chi connectivity index (χ3n) is 3.25. The molecule has 2 rings (SSSR count). The lowest BCUT2D eigenvalue weighted by Gasteiger charge is -2.16. The van der Waals surface area contributed by atoms with E-state index in [2.05, 4.69) is 36.1 Å². The first-order chi connectivity index (χ1) is 10.2. The van der Waals surface area contributed by atoms with Gasteiger partial charge in [0.15, 0.2) is 5.76 Å². The van der Waals surface area contributed by atoms with E-state index >= 15 is 0 Å². The van der Waals surface area contributed by atoms with Crippen molar-refractivity contribution in [3.63, 3.8) is 0 Å². The number of nitrogens with zero attached hydrogens (tertiary/aromatic N) is 2. The quantitative estimate of drug-likeness (QED) is 0.769. The second-order valence-electron chi connectivity index (χ2n) is 5.69. The minimum Gasteiger partial charge on any atom is -0.468 e. The minimum atomic E-state index is 0.639. The number of hydrogen-bond donors (Lipinski definition) is 1. The number of rotatable bonds is 9. The van der Waals surface area contributed by atoms with Crippen molar-refractivity contribution in [3.05, 3.63) is 41.7 Å². The van der Waals surface area contributed by atoms with E-state index in [1.165, 1.54) is 0 Å². The molecule has 0 saturated carbocycles. The second kappa shape index (κ2) is 8.00. The van der Waals surface area contributed by atoms with Crippen LogP contribution in [0.4, 0.5) is 0 Å². The summed E-state index contributed by atoms with van der Waals surface area (Å²) in [5.41, 5.74) is 0.958. The molecule has 0 aliphatic heterocycles. The summed E-state index contributed by atoms with van der Waals surface area (Å²) < 4.78 is 10.8. The van der Waals surface area contributed by atoms with Gasteiger partial charge in [0.25, 0.3) is 0 Å². The highest BCUT2D eigenvalue weighted by Gasteiger charge is 2.11. The topological polar surface area (TPSA) is 54.4 Å². The third-order valence-corrected chi connectivity index (χ3v) is 3.25. The van der Waals surface area contributed by atoms with Crippen molar-refractivity contribution in [2.75, 3.05) is 13.1 Å². The van der Waals surface area contributed by atoms with Gasteiger partial charge < -0.3 is 14.3 Å². The Bertz CT molecular complexity index is 505. The van der Waals surface area contributed by atoms with Gasteiger partial charge in [-0.05, 0) is 31.1 Å². The van der Waals surface area contributed by atoms with E-state index in [-0.39, 0.29) is 0 Å². The summed E-state index contributed by atoms with van der Waals surface area (Å²) in [4.78, 5) is 2.25. The van der Waals surface area contributed by atoms with Crippen molar-refractivity contribution < 1.29 is 8.94 Å². The Morgan fingerprint density at radius 1 is 1.29 bits per heavy atom. The maximum absolute atomic E-state index is 5.41. The van der Waals surface area contributed by atoms with Crippen LogP contribution in [0.25, 0.3) is 0 Å². The molecule has 0 aliphatic carbocycles. The van der Waals surface area contributed by atoms with Crippen LogP contribution in [0.1, 0.15) is 38.0 Å². The first-order valence-corrected chi connectivity index (χ1v) is 7.57. The van der Waals surface area contributed by atoms with E-state index in [0.717, 1.165) is 49.9 Å². The van der Waals surface area contributed by atoms with Gasteiger partial charge in [-0.25, -0.2) is 0 Å². The van der Waals surface area contributed by atoms with E-state index in [1.807, 2.05) is 18.2 Å². The Morgan fingerprint density at radius 3 is 2.76 bits per heavy atom. The minimum absolute atomic E-state index is 0.639. The van der Waals surface area contributed by atoms with Crippen molar-refractivity contribution in [1.29, 1.82) is 0 Å². The zero-order valence-electron chi connectivity index (χ0n) is 13.1. The molecular weight excluding hydrogens is 266 g/mol. The molecule has 0 aliphatic rings. The highest BCUT2D eigenvalue weighted by Crippen LogP contribution is 2.11. The van der Waals surface area contributed by atoms with Gasteiger partial charge in [0, 0.05) is 12.6 Å². The van der Waals surface area contributed by atoms with Crippen molar-refractivity contribution >= 4 is 0 Å². The molecule has 0 bridgehead atoms. The highest BCUT2D eigenvalue weighted by atomic mass is 16.5. The van der Waals surface area contributed by atoms with Crippen LogP contribution in [0.15, 0.2) is 33.4 Å². The first-order valence-electron chi connectivity index (χ1n) is 7.57. The zero-order chi connectivity index (χ0) is 15.1. The van der Waals surface area contributed by atoms with Gasteiger partial charge in [0.2, 0.25) is 0 Å². The van der Waals surface area contributed by atoms with Crippen LogP contribution in [-0.2, 0) is 19.6 Å². The van der Waals surface area contributed by atoms with Gasteiger partial charge in [-0.2, -0.15) is 0 Å². The van der Waals surface area contributed by atoms with Crippen molar-refractivity contribution in [2.45, 2.75) is 40.4 Å². The number of hydrogen-bond acceptors (Lipinski definition) is 5. The molecule has 5 heteroatoms. The number of furan rings is 1. The van der Waals surface area contributed by atoms with Gasteiger partial charge in [0.1, 0.15) is 5.76 Å². The van der Waals surface area contributed by atoms with Gasteiger partial charge in [-0.3, -0.25) is 4.90 Å². The summed E-state index contributed by atoms with van der Waals surface area (Å²) in [6.45, 7) is 10.7. The van der Waals surface area contributed by atoms with Crippen LogP contribution in [0.5, 0.6) is 0 Å². The molecule has 0 saturated heterocycles.